The first kappa shape index (κ1) is 14.8. The monoisotopic (exact) mass is 318 g/mol. The zero-order valence-corrected chi connectivity index (χ0v) is 12.7. The highest BCUT2D eigenvalue weighted by atomic mass is 16.5. The molecule has 1 aromatic heterocycles. The molecule has 3 rings (SSSR count). The standard InChI is InChI=1S/C16H14O7/c1-20-10-6-8(18)11-13(19)12-9(23-16(11)15(10)22-3)5-4-7(17)14(12)21-2/h4-6,17-18H,1-3H3. The Labute approximate surface area is 130 Å². The van der Waals surface area contributed by atoms with Gasteiger partial charge in [0.05, 0.1) is 21.3 Å². The molecule has 0 amide bonds. The topological polar surface area (TPSA) is 98.4 Å². The van der Waals surface area contributed by atoms with E-state index in [9.17, 15) is 15.0 Å². The molecule has 0 saturated carbocycles. The number of hydrogen-bond donors (Lipinski definition) is 2. The van der Waals surface area contributed by atoms with Gasteiger partial charge < -0.3 is 28.8 Å². The van der Waals surface area contributed by atoms with Crippen LogP contribution in [0.5, 0.6) is 28.7 Å². The fourth-order valence-corrected chi connectivity index (χ4v) is 2.56. The van der Waals surface area contributed by atoms with Crippen molar-refractivity contribution in [3.8, 4) is 28.7 Å². The zero-order chi connectivity index (χ0) is 16.7. The molecule has 0 radical (unpaired) electrons. The molecule has 120 valence electrons. The van der Waals surface area contributed by atoms with Crippen molar-refractivity contribution in [2.45, 2.75) is 0 Å². The molecule has 0 unspecified atom stereocenters. The molecule has 23 heavy (non-hydrogen) atoms. The van der Waals surface area contributed by atoms with E-state index in [2.05, 4.69) is 0 Å². The Morgan fingerprint density at radius 1 is 0.913 bits per heavy atom. The quantitative estimate of drug-likeness (QED) is 0.715. The van der Waals surface area contributed by atoms with Gasteiger partial charge in [-0.05, 0) is 12.1 Å². The summed E-state index contributed by atoms with van der Waals surface area (Å²) in [5.74, 6) is -0.130. The van der Waals surface area contributed by atoms with Gasteiger partial charge in [-0.25, -0.2) is 0 Å². The smallest absolute Gasteiger partial charge is 0.208 e. The zero-order valence-electron chi connectivity index (χ0n) is 12.7. The number of phenolic OH excluding ortho intramolecular Hbond substituents is 2. The maximum atomic E-state index is 12.8. The van der Waals surface area contributed by atoms with Crippen molar-refractivity contribution in [2.24, 2.45) is 0 Å². The highest BCUT2D eigenvalue weighted by Crippen LogP contribution is 2.42. The van der Waals surface area contributed by atoms with E-state index in [1.165, 1.54) is 39.5 Å². The first-order valence-electron chi connectivity index (χ1n) is 6.63. The summed E-state index contributed by atoms with van der Waals surface area (Å²) in [4.78, 5) is 12.8. The van der Waals surface area contributed by atoms with Crippen LogP contribution in [0, 0.1) is 0 Å². The molecule has 2 aromatic carbocycles. The molecule has 7 heteroatoms. The minimum absolute atomic E-state index is 0.0210. The molecule has 0 atom stereocenters. The Bertz CT molecular complexity index is 972. The molecule has 0 fully saturated rings. The van der Waals surface area contributed by atoms with Crippen LogP contribution in [0.1, 0.15) is 0 Å². The van der Waals surface area contributed by atoms with Gasteiger partial charge in [0, 0.05) is 6.07 Å². The molecule has 0 saturated heterocycles. The molecule has 0 aliphatic heterocycles. The number of aromatic hydroxyl groups is 2. The van der Waals surface area contributed by atoms with Crippen molar-refractivity contribution in [1.29, 1.82) is 0 Å². The van der Waals surface area contributed by atoms with Crippen LogP contribution in [0.2, 0.25) is 0 Å². The Kier molecular flexibility index (Phi) is 3.40. The number of methoxy groups -OCH3 is 3. The number of hydrogen-bond acceptors (Lipinski definition) is 7. The van der Waals surface area contributed by atoms with Crippen LogP contribution in [-0.4, -0.2) is 31.5 Å². The lowest BCUT2D eigenvalue weighted by atomic mass is 10.1. The van der Waals surface area contributed by atoms with Crippen molar-refractivity contribution in [3.63, 3.8) is 0 Å². The lowest BCUT2D eigenvalue weighted by molar-refractivity contribution is 0.350. The summed E-state index contributed by atoms with van der Waals surface area (Å²) in [7, 11) is 4.13. The molecule has 7 nitrogen and oxygen atoms in total. The Hall–Kier alpha value is -3.09. The van der Waals surface area contributed by atoms with Crippen LogP contribution in [0.15, 0.2) is 27.4 Å². The van der Waals surface area contributed by atoms with E-state index >= 15 is 0 Å². The van der Waals surface area contributed by atoms with Gasteiger partial charge in [0.2, 0.25) is 11.2 Å². The molecule has 3 aromatic rings. The largest absolute Gasteiger partial charge is 0.507 e. The van der Waals surface area contributed by atoms with Gasteiger partial charge in [0.25, 0.3) is 0 Å². The number of fused-ring (bicyclic) bond motifs is 2. The lowest BCUT2D eigenvalue weighted by Crippen LogP contribution is -2.06. The van der Waals surface area contributed by atoms with Crippen LogP contribution >= 0.6 is 0 Å². The summed E-state index contributed by atoms with van der Waals surface area (Å²) in [6.45, 7) is 0. The fourth-order valence-electron chi connectivity index (χ4n) is 2.56. The number of ether oxygens (including phenoxy) is 3. The molecule has 0 bridgehead atoms. The third-order valence-electron chi connectivity index (χ3n) is 3.57. The van der Waals surface area contributed by atoms with E-state index in [1.54, 1.807) is 0 Å². The van der Waals surface area contributed by atoms with Gasteiger partial charge in [-0.15, -0.1) is 0 Å². The van der Waals surface area contributed by atoms with E-state index in [4.69, 9.17) is 18.6 Å². The highest BCUT2D eigenvalue weighted by Gasteiger charge is 2.22. The summed E-state index contributed by atoms with van der Waals surface area (Å²) >= 11 is 0. The van der Waals surface area contributed by atoms with Gasteiger partial charge >= 0.3 is 0 Å². The van der Waals surface area contributed by atoms with Crippen LogP contribution in [-0.2, 0) is 0 Å². The maximum absolute atomic E-state index is 12.8. The van der Waals surface area contributed by atoms with Crippen LogP contribution in [0.25, 0.3) is 21.9 Å². The van der Waals surface area contributed by atoms with Crippen molar-refractivity contribution >= 4 is 21.9 Å². The summed E-state index contributed by atoms with van der Waals surface area (Å²) in [5, 5.41) is 20.0. The summed E-state index contributed by atoms with van der Waals surface area (Å²) in [6, 6.07) is 4.05. The third-order valence-corrected chi connectivity index (χ3v) is 3.57. The normalized spacial score (nSPS) is 10.9. The van der Waals surface area contributed by atoms with Gasteiger partial charge in [0.15, 0.2) is 22.8 Å². The van der Waals surface area contributed by atoms with Crippen molar-refractivity contribution < 1.29 is 28.8 Å². The van der Waals surface area contributed by atoms with Crippen LogP contribution < -0.4 is 19.6 Å². The fraction of sp³-hybridized carbons (Fsp3) is 0.188. The molecule has 2 N–H and O–H groups in total. The predicted molar refractivity (Wildman–Crippen MR) is 83.0 cm³/mol. The second kappa shape index (κ2) is 5.28. The Morgan fingerprint density at radius 2 is 1.61 bits per heavy atom. The second-order valence-electron chi connectivity index (χ2n) is 4.76. The average molecular weight is 318 g/mol. The Morgan fingerprint density at radius 3 is 2.22 bits per heavy atom. The number of benzene rings is 2. The van der Waals surface area contributed by atoms with Crippen molar-refractivity contribution in [3.05, 3.63) is 28.4 Å². The van der Waals surface area contributed by atoms with E-state index in [-0.39, 0.29) is 50.7 Å². The Balaban J connectivity index is 2.61. The van der Waals surface area contributed by atoms with Gasteiger partial charge in [-0.2, -0.15) is 0 Å². The molecular formula is C16H14O7. The summed E-state index contributed by atoms with van der Waals surface area (Å²) in [5.41, 5.74) is -0.315. The highest BCUT2D eigenvalue weighted by molar-refractivity contribution is 6.00. The molecule has 0 aliphatic carbocycles. The molecule has 1 heterocycles. The predicted octanol–water partition coefficient (Wildman–Crippen LogP) is 2.38. The van der Waals surface area contributed by atoms with Gasteiger partial charge in [-0.3, -0.25) is 4.79 Å². The number of phenols is 2. The van der Waals surface area contributed by atoms with Gasteiger partial charge in [-0.1, -0.05) is 0 Å². The maximum Gasteiger partial charge on any atom is 0.208 e. The summed E-state index contributed by atoms with van der Waals surface area (Å²) < 4.78 is 21.2. The van der Waals surface area contributed by atoms with E-state index in [0.717, 1.165) is 0 Å². The minimum atomic E-state index is -0.549. The second-order valence-corrected chi connectivity index (χ2v) is 4.76. The van der Waals surface area contributed by atoms with Crippen molar-refractivity contribution in [1.82, 2.24) is 0 Å². The first-order chi connectivity index (χ1) is 11.0. The van der Waals surface area contributed by atoms with Gasteiger partial charge in [0.1, 0.15) is 22.1 Å². The lowest BCUT2D eigenvalue weighted by Gasteiger charge is -2.13. The molecule has 0 aliphatic rings. The molecular weight excluding hydrogens is 304 g/mol. The third kappa shape index (κ3) is 2.01. The molecule has 0 spiro atoms. The summed E-state index contributed by atoms with van der Waals surface area (Å²) in [6.07, 6.45) is 0. The van der Waals surface area contributed by atoms with Crippen molar-refractivity contribution in [2.75, 3.05) is 21.3 Å². The number of rotatable bonds is 3. The van der Waals surface area contributed by atoms with Crippen LogP contribution in [0.3, 0.4) is 0 Å². The van der Waals surface area contributed by atoms with E-state index < -0.39 is 5.43 Å². The SMILES string of the molecule is COc1cc(O)c2c(=O)c3c(OC)c(O)ccc3oc2c1OC. The minimum Gasteiger partial charge on any atom is -0.507 e. The van der Waals surface area contributed by atoms with E-state index in [0.29, 0.717) is 0 Å². The average Bonchev–Trinajstić information content (AvgIpc) is 2.54. The van der Waals surface area contributed by atoms with E-state index in [1.807, 2.05) is 0 Å². The first-order valence-corrected chi connectivity index (χ1v) is 6.63. The van der Waals surface area contributed by atoms with Crippen LogP contribution in [0.4, 0.5) is 0 Å².